The normalized spacial score (nSPS) is 10.9. The van der Waals surface area contributed by atoms with Crippen LogP contribution in [0.3, 0.4) is 0 Å². The molecule has 0 unspecified atom stereocenters. The molecule has 0 amide bonds. The van der Waals surface area contributed by atoms with E-state index in [2.05, 4.69) is 56.2 Å². The van der Waals surface area contributed by atoms with Crippen LogP contribution in [0.4, 0.5) is 23.8 Å². The van der Waals surface area contributed by atoms with Gasteiger partial charge < -0.3 is 14.8 Å². The fourth-order valence-electron chi connectivity index (χ4n) is 2.74. The molecule has 0 aliphatic heterocycles. The minimum atomic E-state index is 0.485. The number of aromatic nitrogens is 5. The van der Waals surface area contributed by atoms with Crippen molar-refractivity contribution in [2.24, 2.45) is 7.05 Å². The molecule has 1 aromatic carbocycles. The molecule has 0 bridgehead atoms. The molecule has 26 heavy (non-hydrogen) atoms. The summed E-state index contributed by atoms with van der Waals surface area (Å²) in [5.74, 6) is 2.41. The van der Waals surface area contributed by atoms with Gasteiger partial charge in [0.05, 0.1) is 11.0 Å². The lowest BCUT2D eigenvalue weighted by Gasteiger charge is -2.19. The number of nitrogens with zero attached hydrogens (tertiary/aromatic N) is 6. The summed E-state index contributed by atoms with van der Waals surface area (Å²) in [5.41, 5.74) is 1.98. The van der Waals surface area contributed by atoms with Gasteiger partial charge in [0.15, 0.2) is 0 Å². The lowest BCUT2D eigenvalue weighted by atomic mass is 10.3. The summed E-state index contributed by atoms with van der Waals surface area (Å²) in [4.78, 5) is 20.4. The number of hydrogen-bond acceptors (Lipinski definition) is 7. The second-order valence-corrected chi connectivity index (χ2v) is 5.99. The molecule has 138 valence electrons. The van der Waals surface area contributed by atoms with Gasteiger partial charge in [0, 0.05) is 26.7 Å². The van der Waals surface area contributed by atoms with E-state index in [0.29, 0.717) is 23.8 Å². The van der Waals surface area contributed by atoms with E-state index in [-0.39, 0.29) is 0 Å². The van der Waals surface area contributed by atoms with Crippen molar-refractivity contribution in [1.29, 1.82) is 0 Å². The Balaban J connectivity index is 1.96. The predicted octanol–water partition coefficient (Wildman–Crippen LogP) is 3.17. The van der Waals surface area contributed by atoms with Crippen molar-refractivity contribution in [3.63, 3.8) is 0 Å². The summed E-state index contributed by atoms with van der Waals surface area (Å²) >= 11 is 0. The van der Waals surface area contributed by atoms with Crippen LogP contribution in [0.25, 0.3) is 11.0 Å². The molecule has 3 aromatic rings. The zero-order chi connectivity index (χ0) is 18.5. The summed E-state index contributed by atoms with van der Waals surface area (Å²) in [6.45, 7) is 8.76. The van der Waals surface area contributed by atoms with E-state index in [1.807, 2.05) is 35.9 Å². The Hall–Kier alpha value is -2.90. The van der Waals surface area contributed by atoms with Gasteiger partial charge in [0.25, 0.3) is 0 Å². The third-order valence-corrected chi connectivity index (χ3v) is 4.21. The molecular weight excluding hydrogens is 328 g/mol. The Labute approximate surface area is 153 Å². The average Bonchev–Trinajstić information content (AvgIpc) is 2.97. The minimum absolute atomic E-state index is 0.485. The highest BCUT2D eigenvalue weighted by atomic mass is 15.3. The molecule has 0 aliphatic carbocycles. The van der Waals surface area contributed by atoms with Crippen molar-refractivity contribution in [2.75, 3.05) is 35.2 Å². The third-order valence-electron chi connectivity index (χ3n) is 4.21. The first kappa shape index (κ1) is 17.9. The summed E-state index contributed by atoms with van der Waals surface area (Å²) in [6, 6.07) is 8.01. The van der Waals surface area contributed by atoms with Gasteiger partial charge >= 0.3 is 0 Å². The molecule has 8 nitrogen and oxygen atoms in total. The number of fused-ring (bicyclic) bond motifs is 1. The van der Waals surface area contributed by atoms with Crippen LogP contribution in [-0.2, 0) is 7.05 Å². The third kappa shape index (κ3) is 3.68. The molecule has 8 heteroatoms. The topological polar surface area (TPSA) is 83.8 Å². The SMILES string of the molecule is CCCNc1nc(Nc2nc3ccccc3n2C)nc(N(CC)CC)n1. The molecule has 0 atom stereocenters. The van der Waals surface area contributed by atoms with Crippen LogP contribution in [0.15, 0.2) is 24.3 Å². The van der Waals surface area contributed by atoms with Crippen molar-refractivity contribution < 1.29 is 0 Å². The van der Waals surface area contributed by atoms with E-state index in [1.165, 1.54) is 0 Å². The molecular formula is C18H26N8. The molecule has 0 saturated carbocycles. The Morgan fingerprint density at radius 2 is 1.69 bits per heavy atom. The van der Waals surface area contributed by atoms with E-state index in [9.17, 15) is 0 Å². The number of nitrogens with one attached hydrogen (secondary N) is 2. The molecule has 0 radical (unpaired) electrons. The monoisotopic (exact) mass is 354 g/mol. The van der Waals surface area contributed by atoms with E-state index >= 15 is 0 Å². The highest BCUT2D eigenvalue weighted by molar-refractivity contribution is 5.79. The molecule has 2 aromatic heterocycles. The predicted molar refractivity (Wildman–Crippen MR) is 106 cm³/mol. The molecule has 3 rings (SSSR count). The largest absolute Gasteiger partial charge is 0.354 e. The van der Waals surface area contributed by atoms with Crippen LogP contribution in [-0.4, -0.2) is 44.1 Å². The van der Waals surface area contributed by atoms with Crippen molar-refractivity contribution in [2.45, 2.75) is 27.2 Å². The van der Waals surface area contributed by atoms with Gasteiger partial charge in [-0.2, -0.15) is 15.0 Å². The lowest BCUT2D eigenvalue weighted by molar-refractivity contribution is 0.811. The lowest BCUT2D eigenvalue weighted by Crippen LogP contribution is -2.25. The number of imidazole rings is 1. The standard InChI is InChI=1S/C18H26N8/c1-5-12-19-15-21-16(24-18(22-15)26(6-2)7-3)23-17-20-13-10-8-9-11-14(13)25(17)4/h8-11H,5-7,12H2,1-4H3,(H2,19,20,21,22,23,24). The molecule has 0 saturated heterocycles. The quantitative estimate of drug-likeness (QED) is 0.643. The Morgan fingerprint density at radius 1 is 0.962 bits per heavy atom. The second kappa shape index (κ2) is 7.99. The van der Waals surface area contributed by atoms with Gasteiger partial charge in [0.1, 0.15) is 0 Å². The number of anilines is 4. The summed E-state index contributed by atoms with van der Waals surface area (Å²) in [6.07, 6.45) is 1.000. The maximum atomic E-state index is 4.63. The number of aryl methyl sites for hydroxylation is 1. The van der Waals surface area contributed by atoms with Gasteiger partial charge in [-0.15, -0.1) is 0 Å². The molecule has 0 aliphatic rings. The first-order chi connectivity index (χ1) is 12.7. The fraction of sp³-hybridized carbons (Fsp3) is 0.444. The van der Waals surface area contributed by atoms with Crippen molar-refractivity contribution in [3.8, 4) is 0 Å². The van der Waals surface area contributed by atoms with Gasteiger partial charge in [-0.1, -0.05) is 19.1 Å². The smallest absolute Gasteiger partial charge is 0.236 e. The van der Waals surface area contributed by atoms with Gasteiger partial charge in [0.2, 0.25) is 23.8 Å². The van der Waals surface area contributed by atoms with E-state index in [1.54, 1.807) is 0 Å². The van der Waals surface area contributed by atoms with Crippen LogP contribution in [0.2, 0.25) is 0 Å². The van der Waals surface area contributed by atoms with E-state index < -0.39 is 0 Å². The van der Waals surface area contributed by atoms with Crippen molar-refractivity contribution >= 4 is 34.8 Å². The van der Waals surface area contributed by atoms with Gasteiger partial charge in [-0.3, -0.25) is 5.32 Å². The Kier molecular flexibility index (Phi) is 5.50. The van der Waals surface area contributed by atoms with Crippen LogP contribution in [0.1, 0.15) is 27.2 Å². The molecule has 2 heterocycles. The summed E-state index contributed by atoms with van der Waals surface area (Å²) in [5, 5.41) is 6.49. The molecule has 0 spiro atoms. The number of benzene rings is 1. The van der Waals surface area contributed by atoms with Crippen molar-refractivity contribution in [1.82, 2.24) is 24.5 Å². The van der Waals surface area contributed by atoms with Gasteiger partial charge in [-0.25, -0.2) is 4.98 Å². The van der Waals surface area contributed by atoms with Crippen LogP contribution in [0, 0.1) is 0 Å². The zero-order valence-corrected chi connectivity index (χ0v) is 15.8. The summed E-state index contributed by atoms with van der Waals surface area (Å²) in [7, 11) is 1.97. The first-order valence-corrected chi connectivity index (χ1v) is 9.09. The number of rotatable bonds is 8. The first-order valence-electron chi connectivity index (χ1n) is 9.09. The minimum Gasteiger partial charge on any atom is -0.354 e. The molecule has 0 fully saturated rings. The van der Waals surface area contributed by atoms with Gasteiger partial charge in [-0.05, 0) is 32.4 Å². The second-order valence-electron chi connectivity index (χ2n) is 5.99. The van der Waals surface area contributed by atoms with Crippen LogP contribution >= 0.6 is 0 Å². The van der Waals surface area contributed by atoms with Crippen molar-refractivity contribution in [3.05, 3.63) is 24.3 Å². The van der Waals surface area contributed by atoms with Crippen LogP contribution < -0.4 is 15.5 Å². The van der Waals surface area contributed by atoms with E-state index in [4.69, 9.17) is 0 Å². The van der Waals surface area contributed by atoms with E-state index in [0.717, 1.165) is 37.1 Å². The summed E-state index contributed by atoms with van der Waals surface area (Å²) < 4.78 is 2.00. The highest BCUT2D eigenvalue weighted by Crippen LogP contribution is 2.21. The maximum Gasteiger partial charge on any atom is 0.236 e. The number of para-hydroxylation sites is 2. The fourth-order valence-corrected chi connectivity index (χ4v) is 2.74. The number of hydrogen-bond donors (Lipinski definition) is 2. The molecule has 2 N–H and O–H groups in total. The Morgan fingerprint density at radius 3 is 2.38 bits per heavy atom. The Bertz CT molecular complexity index is 869. The average molecular weight is 354 g/mol. The maximum absolute atomic E-state index is 4.63. The zero-order valence-electron chi connectivity index (χ0n) is 15.8. The highest BCUT2D eigenvalue weighted by Gasteiger charge is 2.14. The van der Waals surface area contributed by atoms with Crippen LogP contribution in [0.5, 0.6) is 0 Å².